The van der Waals surface area contributed by atoms with E-state index >= 15 is 0 Å². The maximum Gasteiger partial charge on any atom is 0.266 e. The van der Waals surface area contributed by atoms with Crippen LogP contribution in [0.3, 0.4) is 0 Å². The van der Waals surface area contributed by atoms with E-state index < -0.39 is 11.7 Å². The quantitative estimate of drug-likeness (QED) is 0.600. The van der Waals surface area contributed by atoms with Crippen LogP contribution in [0.15, 0.2) is 59.4 Å². The fraction of sp³-hybridized carbons (Fsp3) is 0.261. The SMILES string of the molecule is O=C(c1c(F)cccc1Cl)N1CCC(Cn2nc(-c3ccc(F)cc3)ccc2=O)CC1. The number of carbonyl (C=O) groups excluding carboxylic acids is 1. The summed E-state index contributed by atoms with van der Waals surface area (Å²) in [5.41, 5.74) is 0.980. The number of halogens is 3. The van der Waals surface area contributed by atoms with Gasteiger partial charge in [-0.05, 0) is 61.2 Å². The Hall–Kier alpha value is -3.06. The van der Waals surface area contributed by atoms with Crippen molar-refractivity contribution in [3.8, 4) is 11.3 Å². The standard InChI is InChI=1S/C23H20ClF2N3O2/c24-18-2-1-3-19(26)22(18)23(31)28-12-10-15(11-13-28)14-29-21(30)9-8-20(27-29)16-4-6-17(25)7-5-16/h1-9,15H,10-14H2. The van der Waals surface area contributed by atoms with E-state index in [4.69, 9.17) is 11.6 Å². The summed E-state index contributed by atoms with van der Waals surface area (Å²) in [5, 5.41) is 4.52. The van der Waals surface area contributed by atoms with E-state index in [0.29, 0.717) is 38.2 Å². The molecule has 0 bridgehead atoms. The Morgan fingerprint density at radius 1 is 1.03 bits per heavy atom. The number of likely N-dealkylation sites (tertiary alicyclic amines) is 1. The number of amides is 1. The molecule has 5 nitrogen and oxygen atoms in total. The highest BCUT2D eigenvalue weighted by Gasteiger charge is 2.27. The van der Waals surface area contributed by atoms with Gasteiger partial charge in [0.2, 0.25) is 0 Å². The van der Waals surface area contributed by atoms with Gasteiger partial charge in [-0.3, -0.25) is 9.59 Å². The molecule has 0 N–H and O–H groups in total. The molecule has 8 heteroatoms. The molecule has 31 heavy (non-hydrogen) atoms. The van der Waals surface area contributed by atoms with Gasteiger partial charge in [-0.2, -0.15) is 5.10 Å². The highest BCUT2D eigenvalue weighted by atomic mass is 35.5. The van der Waals surface area contributed by atoms with Crippen molar-refractivity contribution < 1.29 is 13.6 Å². The molecule has 3 aromatic rings. The maximum absolute atomic E-state index is 14.1. The van der Waals surface area contributed by atoms with Crippen molar-refractivity contribution in [1.82, 2.24) is 14.7 Å². The van der Waals surface area contributed by atoms with Crippen molar-refractivity contribution in [2.45, 2.75) is 19.4 Å². The minimum Gasteiger partial charge on any atom is -0.338 e. The van der Waals surface area contributed by atoms with Crippen LogP contribution in [-0.2, 0) is 6.54 Å². The highest BCUT2D eigenvalue weighted by molar-refractivity contribution is 6.33. The van der Waals surface area contributed by atoms with Gasteiger partial charge in [-0.15, -0.1) is 0 Å². The number of benzene rings is 2. The normalized spacial score (nSPS) is 14.6. The average Bonchev–Trinajstić information content (AvgIpc) is 2.76. The second-order valence-corrected chi connectivity index (χ2v) is 7.99. The lowest BCUT2D eigenvalue weighted by atomic mass is 9.96. The molecule has 0 unspecified atom stereocenters. The molecule has 1 saturated heterocycles. The lowest BCUT2D eigenvalue weighted by Gasteiger charge is -2.32. The van der Waals surface area contributed by atoms with Crippen molar-refractivity contribution in [2.24, 2.45) is 5.92 Å². The van der Waals surface area contributed by atoms with Crippen LogP contribution in [0.4, 0.5) is 8.78 Å². The monoisotopic (exact) mass is 443 g/mol. The van der Waals surface area contributed by atoms with Gasteiger partial charge < -0.3 is 4.90 Å². The van der Waals surface area contributed by atoms with Gasteiger partial charge in [-0.1, -0.05) is 17.7 Å². The topological polar surface area (TPSA) is 55.2 Å². The Balaban J connectivity index is 1.43. The first-order valence-electron chi connectivity index (χ1n) is 10.00. The molecule has 1 amide bonds. The second-order valence-electron chi connectivity index (χ2n) is 7.58. The smallest absolute Gasteiger partial charge is 0.266 e. The average molecular weight is 444 g/mol. The lowest BCUT2D eigenvalue weighted by molar-refractivity contribution is 0.0676. The second kappa shape index (κ2) is 8.98. The van der Waals surface area contributed by atoms with E-state index in [-0.39, 0.29) is 27.9 Å². The lowest BCUT2D eigenvalue weighted by Crippen LogP contribution is -2.40. The van der Waals surface area contributed by atoms with E-state index in [1.54, 1.807) is 23.1 Å². The molecule has 1 aliphatic rings. The molecule has 4 rings (SSSR count). The molecule has 2 heterocycles. The van der Waals surface area contributed by atoms with Crippen molar-refractivity contribution in [1.29, 1.82) is 0 Å². The van der Waals surface area contributed by atoms with E-state index in [9.17, 15) is 18.4 Å². The Morgan fingerprint density at radius 2 is 1.74 bits per heavy atom. The first-order chi connectivity index (χ1) is 14.9. The molecule has 0 aliphatic carbocycles. The number of hydrogen-bond acceptors (Lipinski definition) is 3. The number of rotatable bonds is 4. The summed E-state index contributed by atoms with van der Waals surface area (Å²) in [6.45, 7) is 1.30. The fourth-order valence-electron chi connectivity index (χ4n) is 3.78. The van der Waals surface area contributed by atoms with Crippen molar-refractivity contribution >= 4 is 17.5 Å². The molecule has 0 atom stereocenters. The molecule has 0 radical (unpaired) electrons. The minimum absolute atomic E-state index is 0.0977. The van der Waals surface area contributed by atoms with Crippen LogP contribution in [0.2, 0.25) is 5.02 Å². The number of hydrogen-bond donors (Lipinski definition) is 0. The zero-order valence-corrected chi connectivity index (χ0v) is 17.4. The van der Waals surface area contributed by atoms with Gasteiger partial charge in [0.05, 0.1) is 16.3 Å². The molecule has 1 fully saturated rings. The first-order valence-corrected chi connectivity index (χ1v) is 10.4. The van der Waals surface area contributed by atoms with Gasteiger partial charge in [0, 0.05) is 31.3 Å². The highest BCUT2D eigenvalue weighted by Crippen LogP contribution is 2.25. The molecule has 1 aromatic heterocycles. The van der Waals surface area contributed by atoms with Crippen LogP contribution in [0.25, 0.3) is 11.3 Å². The summed E-state index contributed by atoms with van der Waals surface area (Å²) in [5.74, 6) is -1.24. The predicted octanol–water partition coefficient (Wildman–Crippen LogP) is 4.39. The molecular formula is C23H20ClF2N3O2. The number of aromatic nitrogens is 2. The van der Waals surface area contributed by atoms with Crippen LogP contribution >= 0.6 is 11.6 Å². The summed E-state index contributed by atoms with van der Waals surface area (Å²) >= 11 is 6.02. The molecule has 160 valence electrons. The van der Waals surface area contributed by atoms with Crippen LogP contribution in [0.5, 0.6) is 0 Å². The van der Waals surface area contributed by atoms with Crippen LogP contribution < -0.4 is 5.56 Å². The largest absolute Gasteiger partial charge is 0.338 e. The maximum atomic E-state index is 14.1. The summed E-state index contributed by atoms with van der Waals surface area (Å²) in [7, 11) is 0. The number of carbonyl (C=O) groups is 1. The summed E-state index contributed by atoms with van der Waals surface area (Å²) in [6.07, 6.45) is 1.32. The van der Waals surface area contributed by atoms with Crippen molar-refractivity contribution in [2.75, 3.05) is 13.1 Å². The Labute approximate surface area is 182 Å². The zero-order chi connectivity index (χ0) is 22.0. The van der Waals surface area contributed by atoms with Crippen LogP contribution in [0, 0.1) is 17.6 Å². The first kappa shape index (κ1) is 21.2. The molecular weight excluding hydrogens is 424 g/mol. The molecule has 0 saturated carbocycles. The van der Waals surface area contributed by atoms with Crippen LogP contribution in [0.1, 0.15) is 23.2 Å². The third kappa shape index (κ3) is 4.66. The van der Waals surface area contributed by atoms with Gasteiger partial charge in [0.1, 0.15) is 11.6 Å². The predicted molar refractivity (Wildman–Crippen MR) is 114 cm³/mol. The van der Waals surface area contributed by atoms with Gasteiger partial charge >= 0.3 is 0 Å². The van der Waals surface area contributed by atoms with E-state index in [1.807, 2.05) is 0 Å². The fourth-order valence-corrected chi connectivity index (χ4v) is 4.02. The van der Waals surface area contributed by atoms with Crippen molar-refractivity contribution in [3.63, 3.8) is 0 Å². The summed E-state index contributed by atoms with van der Waals surface area (Å²) < 4.78 is 28.6. The molecule has 1 aliphatic heterocycles. The van der Waals surface area contributed by atoms with E-state index in [1.165, 1.54) is 41.1 Å². The molecule has 2 aromatic carbocycles. The van der Waals surface area contributed by atoms with E-state index in [2.05, 4.69) is 5.10 Å². The zero-order valence-electron chi connectivity index (χ0n) is 16.6. The Bertz CT molecular complexity index is 1140. The minimum atomic E-state index is -0.631. The summed E-state index contributed by atoms with van der Waals surface area (Å²) in [6, 6.07) is 13.2. The third-order valence-corrected chi connectivity index (χ3v) is 5.83. The van der Waals surface area contributed by atoms with E-state index in [0.717, 1.165) is 5.56 Å². The van der Waals surface area contributed by atoms with Crippen molar-refractivity contribution in [3.05, 3.63) is 87.2 Å². The number of nitrogens with zero attached hydrogens (tertiary/aromatic N) is 3. The molecule has 0 spiro atoms. The van der Waals surface area contributed by atoms with Gasteiger partial charge in [0.25, 0.3) is 11.5 Å². The third-order valence-electron chi connectivity index (χ3n) is 5.52. The van der Waals surface area contributed by atoms with Gasteiger partial charge in [-0.25, -0.2) is 13.5 Å². The van der Waals surface area contributed by atoms with Gasteiger partial charge in [0.15, 0.2) is 0 Å². The van der Waals surface area contributed by atoms with Crippen LogP contribution in [-0.4, -0.2) is 33.7 Å². The number of piperidine rings is 1. The Morgan fingerprint density at radius 3 is 2.42 bits per heavy atom. The summed E-state index contributed by atoms with van der Waals surface area (Å²) in [4.78, 5) is 26.6. The Kier molecular flexibility index (Phi) is 6.13.